The van der Waals surface area contributed by atoms with Gasteiger partial charge >= 0.3 is 0 Å². The number of aromatic nitrogens is 1. The van der Waals surface area contributed by atoms with Gasteiger partial charge in [0.2, 0.25) is 11.8 Å². The molecule has 1 aliphatic carbocycles. The molecule has 5 nitrogen and oxygen atoms in total. The van der Waals surface area contributed by atoms with Crippen LogP contribution in [0.4, 0.5) is 5.69 Å². The third kappa shape index (κ3) is 3.49. The molecule has 0 radical (unpaired) electrons. The van der Waals surface area contributed by atoms with Crippen LogP contribution in [0.3, 0.4) is 0 Å². The Bertz CT molecular complexity index is 1210. The molecule has 6 heteroatoms. The molecule has 1 unspecified atom stereocenters. The third-order valence-corrected chi connectivity index (χ3v) is 7.39. The fourth-order valence-electron chi connectivity index (χ4n) is 5.13. The van der Waals surface area contributed by atoms with E-state index in [1.807, 2.05) is 60.9 Å². The van der Waals surface area contributed by atoms with Gasteiger partial charge in [-0.1, -0.05) is 55.1 Å². The lowest BCUT2D eigenvalue weighted by molar-refractivity contribution is -0.128. The molecule has 5 rings (SSSR count). The molecule has 1 aromatic heterocycles. The number of rotatable bonds is 3. The van der Waals surface area contributed by atoms with Crippen molar-refractivity contribution in [1.82, 2.24) is 9.88 Å². The number of amides is 2. The monoisotopic (exact) mass is 449 g/mol. The van der Waals surface area contributed by atoms with Gasteiger partial charge in [0.25, 0.3) is 0 Å². The first-order chi connectivity index (χ1) is 15.5. The van der Waals surface area contributed by atoms with Crippen molar-refractivity contribution in [2.45, 2.75) is 64.6 Å². The molecule has 1 aliphatic heterocycles. The number of aryl methyl sites for hydroxylation is 2. The Kier molecular flexibility index (Phi) is 5.46. The number of anilines is 1. The first kappa shape index (κ1) is 21.1. The summed E-state index contributed by atoms with van der Waals surface area (Å²) in [4.78, 5) is 28.9. The summed E-state index contributed by atoms with van der Waals surface area (Å²) in [7, 11) is 0. The molecule has 2 aliphatic rings. The summed E-state index contributed by atoms with van der Waals surface area (Å²) < 4.78 is 1.92. The van der Waals surface area contributed by atoms with E-state index in [9.17, 15) is 9.59 Å². The zero-order valence-corrected chi connectivity index (χ0v) is 19.3. The molecule has 2 heterocycles. The highest BCUT2D eigenvalue weighted by Gasteiger charge is 2.42. The van der Waals surface area contributed by atoms with Crippen LogP contribution in [0, 0.1) is 13.8 Å². The van der Waals surface area contributed by atoms with Crippen LogP contribution in [0.1, 0.15) is 55.0 Å². The molecule has 3 aromatic rings. The minimum absolute atomic E-state index is 0.109. The number of hydrogen-bond donors (Lipinski definition) is 1. The minimum Gasteiger partial charge on any atom is -0.351 e. The highest BCUT2D eigenvalue weighted by molar-refractivity contribution is 6.37. The second-order valence-corrected chi connectivity index (χ2v) is 9.46. The second-order valence-electron chi connectivity index (χ2n) is 9.08. The Morgan fingerprint density at radius 3 is 2.53 bits per heavy atom. The van der Waals surface area contributed by atoms with Gasteiger partial charge in [0.15, 0.2) is 6.04 Å². The van der Waals surface area contributed by atoms with Gasteiger partial charge in [0.05, 0.1) is 16.2 Å². The molecule has 2 aromatic carbocycles. The molecule has 1 atom stereocenters. The van der Waals surface area contributed by atoms with Crippen LogP contribution in [0.15, 0.2) is 42.5 Å². The molecule has 32 heavy (non-hydrogen) atoms. The van der Waals surface area contributed by atoms with E-state index in [1.54, 1.807) is 4.90 Å². The average Bonchev–Trinajstić information content (AvgIpc) is 3.07. The van der Waals surface area contributed by atoms with E-state index < -0.39 is 6.04 Å². The zero-order chi connectivity index (χ0) is 22.4. The van der Waals surface area contributed by atoms with Gasteiger partial charge in [0.1, 0.15) is 6.54 Å². The van der Waals surface area contributed by atoms with Crippen LogP contribution in [0.5, 0.6) is 0 Å². The summed E-state index contributed by atoms with van der Waals surface area (Å²) in [5.74, 6) is -0.267. The molecule has 2 amide bonds. The average molecular weight is 450 g/mol. The van der Waals surface area contributed by atoms with Crippen molar-refractivity contribution in [1.29, 1.82) is 0 Å². The van der Waals surface area contributed by atoms with Crippen molar-refractivity contribution >= 4 is 40.0 Å². The summed E-state index contributed by atoms with van der Waals surface area (Å²) >= 11 is 6.87. The predicted octanol–water partition coefficient (Wildman–Crippen LogP) is 5.45. The predicted molar refractivity (Wildman–Crippen MR) is 128 cm³/mol. The van der Waals surface area contributed by atoms with E-state index in [-0.39, 0.29) is 24.4 Å². The Labute approximate surface area is 193 Å². The first-order valence-electron chi connectivity index (χ1n) is 11.4. The third-order valence-electron chi connectivity index (χ3n) is 6.99. The molecule has 166 valence electrons. The van der Waals surface area contributed by atoms with Crippen molar-refractivity contribution in [3.8, 4) is 0 Å². The maximum absolute atomic E-state index is 13.8. The molecular formula is C26H28ClN3O2. The van der Waals surface area contributed by atoms with Crippen LogP contribution in [0.25, 0.3) is 10.9 Å². The number of benzene rings is 2. The number of nitrogens with zero attached hydrogens (tertiary/aromatic N) is 2. The van der Waals surface area contributed by atoms with Crippen molar-refractivity contribution in [2.24, 2.45) is 0 Å². The number of carbonyl (C=O) groups is 2. The fraction of sp³-hybridized carbons (Fsp3) is 0.385. The number of para-hydroxylation sites is 1. The van der Waals surface area contributed by atoms with E-state index in [4.69, 9.17) is 11.6 Å². The van der Waals surface area contributed by atoms with Crippen LogP contribution in [0.2, 0.25) is 5.02 Å². The van der Waals surface area contributed by atoms with Gasteiger partial charge in [-0.05, 0) is 56.0 Å². The highest BCUT2D eigenvalue weighted by atomic mass is 35.5. The molecule has 0 saturated heterocycles. The molecule has 0 spiro atoms. The summed E-state index contributed by atoms with van der Waals surface area (Å²) in [6.45, 7) is 4.22. The van der Waals surface area contributed by atoms with E-state index in [0.717, 1.165) is 53.4 Å². The summed E-state index contributed by atoms with van der Waals surface area (Å²) in [5.41, 5.74) is 4.54. The Balaban J connectivity index is 1.65. The van der Waals surface area contributed by atoms with Gasteiger partial charge in [0, 0.05) is 17.1 Å². The number of hydrogen-bond acceptors (Lipinski definition) is 2. The zero-order valence-electron chi connectivity index (χ0n) is 18.5. The molecule has 1 N–H and O–H groups in total. The van der Waals surface area contributed by atoms with Crippen LogP contribution >= 0.6 is 11.6 Å². The number of halogens is 1. The number of fused-ring (bicyclic) bond motifs is 3. The van der Waals surface area contributed by atoms with Crippen LogP contribution < -0.4 is 10.2 Å². The quantitative estimate of drug-likeness (QED) is 0.578. The fourth-order valence-corrected chi connectivity index (χ4v) is 5.50. The Morgan fingerprint density at radius 1 is 1.03 bits per heavy atom. The maximum atomic E-state index is 13.8. The minimum atomic E-state index is -0.805. The van der Waals surface area contributed by atoms with Crippen LogP contribution in [-0.2, 0) is 16.1 Å². The van der Waals surface area contributed by atoms with E-state index in [0.29, 0.717) is 10.7 Å². The Hall–Kier alpha value is -2.79. The number of nitrogens with one attached hydrogen (secondary N) is 1. The van der Waals surface area contributed by atoms with Gasteiger partial charge in [-0.3, -0.25) is 14.5 Å². The van der Waals surface area contributed by atoms with Crippen molar-refractivity contribution < 1.29 is 9.59 Å². The second kappa shape index (κ2) is 8.28. The SMILES string of the molecule is Cc1ccc(N2C(=O)Cn3c(c(Cl)c4ccccc43)C2C(=O)NC2CCCCC2)cc1C. The molecular weight excluding hydrogens is 422 g/mol. The smallest absolute Gasteiger partial charge is 0.249 e. The summed E-state index contributed by atoms with van der Waals surface area (Å²) in [5, 5.41) is 4.66. The normalized spacial score (nSPS) is 19.3. The van der Waals surface area contributed by atoms with Gasteiger partial charge in [-0.15, -0.1) is 0 Å². The topological polar surface area (TPSA) is 54.3 Å². The lowest BCUT2D eigenvalue weighted by Gasteiger charge is -2.37. The van der Waals surface area contributed by atoms with E-state index >= 15 is 0 Å². The lowest BCUT2D eigenvalue weighted by Crippen LogP contribution is -2.51. The van der Waals surface area contributed by atoms with Gasteiger partial charge in [-0.25, -0.2) is 0 Å². The van der Waals surface area contributed by atoms with E-state index in [2.05, 4.69) is 5.32 Å². The van der Waals surface area contributed by atoms with Crippen molar-refractivity contribution in [2.75, 3.05) is 4.90 Å². The largest absolute Gasteiger partial charge is 0.351 e. The lowest BCUT2D eigenvalue weighted by atomic mass is 9.95. The highest BCUT2D eigenvalue weighted by Crippen LogP contribution is 2.42. The summed E-state index contributed by atoms with van der Waals surface area (Å²) in [6, 6.07) is 13.0. The van der Waals surface area contributed by atoms with Crippen molar-refractivity contribution in [3.63, 3.8) is 0 Å². The standard InChI is InChI=1S/C26H28ClN3O2/c1-16-12-13-19(14-17(16)2)30-22(31)15-29-21-11-7-6-10-20(21)23(27)24(29)25(30)26(32)28-18-8-4-3-5-9-18/h6-7,10-14,18,25H,3-5,8-9,15H2,1-2H3,(H,28,32). The molecule has 1 saturated carbocycles. The van der Waals surface area contributed by atoms with E-state index in [1.165, 1.54) is 6.42 Å². The molecule has 0 bridgehead atoms. The number of carbonyl (C=O) groups excluding carboxylic acids is 2. The van der Waals surface area contributed by atoms with Crippen molar-refractivity contribution in [3.05, 3.63) is 64.3 Å². The Morgan fingerprint density at radius 2 is 1.78 bits per heavy atom. The van der Waals surface area contributed by atoms with Gasteiger partial charge < -0.3 is 9.88 Å². The molecule has 1 fully saturated rings. The van der Waals surface area contributed by atoms with Gasteiger partial charge in [-0.2, -0.15) is 0 Å². The first-order valence-corrected chi connectivity index (χ1v) is 11.8. The van der Waals surface area contributed by atoms with Crippen LogP contribution in [-0.4, -0.2) is 22.4 Å². The maximum Gasteiger partial charge on any atom is 0.249 e. The summed E-state index contributed by atoms with van der Waals surface area (Å²) in [6.07, 6.45) is 5.41.